The first kappa shape index (κ1) is 23.7. The van der Waals surface area contributed by atoms with E-state index in [0.29, 0.717) is 30.4 Å². The summed E-state index contributed by atoms with van der Waals surface area (Å²) in [5.74, 6) is -1.61. The van der Waals surface area contributed by atoms with E-state index < -0.39 is 28.8 Å². The van der Waals surface area contributed by atoms with E-state index in [1.54, 1.807) is 6.07 Å². The van der Waals surface area contributed by atoms with Gasteiger partial charge in [0.05, 0.1) is 10.5 Å². The Balaban J connectivity index is 1.68. The molecule has 0 bridgehead atoms. The predicted octanol–water partition coefficient (Wildman–Crippen LogP) is 3.11. The number of carbonyl (C=O) groups excluding carboxylic acids is 3. The number of rotatable bonds is 7. The number of amides is 2. The molecule has 1 fully saturated rings. The summed E-state index contributed by atoms with van der Waals surface area (Å²) in [5.41, 5.74) is 6.14. The van der Waals surface area contributed by atoms with Crippen LogP contribution < -0.4 is 16.0 Å². The second-order valence-corrected chi connectivity index (χ2v) is 8.13. The second-order valence-electron chi connectivity index (χ2n) is 8.13. The molecule has 0 radical (unpaired) electrons. The summed E-state index contributed by atoms with van der Waals surface area (Å²) in [6.07, 6.45) is 0.860. The van der Waals surface area contributed by atoms with Gasteiger partial charge in [-0.05, 0) is 62.1 Å². The lowest BCUT2D eigenvalue weighted by Crippen LogP contribution is -2.34. The van der Waals surface area contributed by atoms with Gasteiger partial charge in [-0.3, -0.25) is 19.7 Å². The number of carbonyl (C=O) groups is 3. The molecule has 10 nitrogen and oxygen atoms in total. The minimum atomic E-state index is -1.16. The highest BCUT2D eigenvalue weighted by Crippen LogP contribution is 2.32. The van der Waals surface area contributed by atoms with E-state index in [-0.39, 0.29) is 16.8 Å². The van der Waals surface area contributed by atoms with E-state index in [0.717, 1.165) is 12.8 Å². The van der Waals surface area contributed by atoms with Crippen molar-refractivity contribution >= 4 is 34.8 Å². The molecule has 1 saturated heterocycles. The number of piperidine rings is 1. The standard InChI is InChI=1S/C23H26N4O6/c1-14-4-3-11-26(13-14)19-10-7-17(12-20(19)27(31)32)23(30)33-15(2)22(29)25-18-8-5-16(6-9-18)21(24)28/h5-10,12,14-15H,3-4,11,13H2,1-2H3,(H2,24,28)(H,25,29). The number of nitro groups is 1. The summed E-state index contributed by atoms with van der Waals surface area (Å²) in [7, 11) is 0. The molecule has 33 heavy (non-hydrogen) atoms. The monoisotopic (exact) mass is 454 g/mol. The number of hydrogen-bond donors (Lipinski definition) is 2. The van der Waals surface area contributed by atoms with Gasteiger partial charge in [0.2, 0.25) is 5.91 Å². The topological polar surface area (TPSA) is 145 Å². The normalized spacial score (nSPS) is 16.5. The molecule has 174 valence electrons. The lowest BCUT2D eigenvalue weighted by Gasteiger charge is -2.32. The van der Waals surface area contributed by atoms with Crippen molar-refractivity contribution in [1.29, 1.82) is 0 Å². The number of nitrogens with zero attached hydrogens (tertiary/aromatic N) is 2. The predicted molar refractivity (Wildman–Crippen MR) is 122 cm³/mol. The van der Waals surface area contributed by atoms with Crippen molar-refractivity contribution in [2.75, 3.05) is 23.3 Å². The zero-order chi connectivity index (χ0) is 24.1. The number of benzene rings is 2. The van der Waals surface area contributed by atoms with Gasteiger partial charge in [-0.15, -0.1) is 0 Å². The summed E-state index contributed by atoms with van der Waals surface area (Å²) >= 11 is 0. The van der Waals surface area contributed by atoms with Crippen molar-refractivity contribution in [3.8, 4) is 0 Å². The lowest BCUT2D eigenvalue weighted by molar-refractivity contribution is -0.384. The van der Waals surface area contributed by atoms with Crippen molar-refractivity contribution in [2.45, 2.75) is 32.8 Å². The molecule has 1 aliphatic rings. The number of ether oxygens (including phenoxy) is 1. The molecule has 0 aliphatic carbocycles. The molecule has 2 aromatic rings. The first-order valence-corrected chi connectivity index (χ1v) is 10.6. The highest BCUT2D eigenvalue weighted by molar-refractivity contribution is 5.98. The van der Waals surface area contributed by atoms with Gasteiger partial charge in [0.25, 0.3) is 11.6 Å². The van der Waals surface area contributed by atoms with Crippen molar-refractivity contribution in [2.24, 2.45) is 11.7 Å². The van der Waals surface area contributed by atoms with Crippen molar-refractivity contribution in [3.63, 3.8) is 0 Å². The molecule has 2 unspecified atom stereocenters. The fourth-order valence-electron chi connectivity index (χ4n) is 3.72. The number of hydrogen-bond acceptors (Lipinski definition) is 7. The minimum Gasteiger partial charge on any atom is -0.449 e. The second kappa shape index (κ2) is 10.1. The van der Waals surface area contributed by atoms with E-state index in [9.17, 15) is 24.5 Å². The Morgan fingerprint density at radius 3 is 2.45 bits per heavy atom. The summed E-state index contributed by atoms with van der Waals surface area (Å²) in [4.78, 5) is 49.1. The molecule has 0 saturated carbocycles. The lowest BCUT2D eigenvalue weighted by atomic mass is 9.99. The van der Waals surface area contributed by atoms with Gasteiger partial charge in [-0.25, -0.2) is 4.79 Å². The maximum atomic E-state index is 12.6. The zero-order valence-electron chi connectivity index (χ0n) is 18.4. The summed E-state index contributed by atoms with van der Waals surface area (Å²) < 4.78 is 5.21. The van der Waals surface area contributed by atoms with Crippen LogP contribution in [0.3, 0.4) is 0 Å². The van der Waals surface area contributed by atoms with E-state index in [1.807, 2.05) is 4.90 Å². The van der Waals surface area contributed by atoms with Gasteiger partial charge < -0.3 is 20.7 Å². The summed E-state index contributed by atoms with van der Waals surface area (Å²) in [6.45, 7) is 4.92. The van der Waals surface area contributed by atoms with E-state index in [1.165, 1.54) is 43.3 Å². The average Bonchev–Trinajstić information content (AvgIpc) is 2.78. The Kier molecular flexibility index (Phi) is 7.27. The SMILES string of the molecule is CC1CCCN(c2ccc(C(=O)OC(C)C(=O)Nc3ccc(C(N)=O)cc3)cc2[N+](=O)[O-])C1. The van der Waals surface area contributed by atoms with Crippen molar-refractivity contribution < 1.29 is 24.0 Å². The van der Waals surface area contributed by atoms with Gasteiger partial charge in [-0.1, -0.05) is 6.92 Å². The minimum absolute atomic E-state index is 0.0130. The first-order valence-electron chi connectivity index (χ1n) is 10.6. The Morgan fingerprint density at radius 2 is 1.85 bits per heavy atom. The third-order valence-electron chi connectivity index (χ3n) is 5.50. The molecule has 2 amide bonds. The van der Waals surface area contributed by atoms with Crippen LogP contribution in [0.25, 0.3) is 0 Å². The van der Waals surface area contributed by atoms with Crippen LogP contribution in [0, 0.1) is 16.0 Å². The molecule has 0 spiro atoms. The van der Waals surface area contributed by atoms with Gasteiger partial charge in [0.15, 0.2) is 6.10 Å². The quantitative estimate of drug-likeness (QED) is 0.371. The van der Waals surface area contributed by atoms with Crippen LogP contribution >= 0.6 is 0 Å². The van der Waals surface area contributed by atoms with Crippen LogP contribution in [0.4, 0.5) is 17.1 Å². The number of nitrogens with one attached hydrogen (secondary N) is 1. The highest BCUT2D eigenvalue weighted by Gasteiger charge is 2.26. The first-order chi connectivity index (χ1) is 15.7. The van der Waals surface area contributed by atoms with Gasteiger partial charge >= 0.3 is 5.97 Å². The van der Waals surface area contributed by atoms with Crippen LogP contribution in [-0.4, -0.2) is 41.9 Å². The molecule has 3 N–H and O–H groups in total. The van der Waals surface area contributed by atoms with Crippen LogP contribution in [0.15, 0.2) is 42.5 Å². The van der Waals surface area contributed by atoms with Crippen LogP contribution in [0.1, 0.15) is 47.4 Å². The Hall–Kier alpha value is -3.95. The van der Waals surface area contributed by atoms with Gasteiger partial charge in [-0.2, -0.15) is 0 Å². The molecule has 10 heteroatoms. The maximum Gasteiger partial charge on any atom is 0.339 e. The number of anilines is 2. The highest BCUT2D eigenvalue weighted by atomic mass is 16.6. The van der Waals surface area contributed by atoms with Crippen molar-refractivity contribution in [1.82, 2.24) is 0 Å². The number of primary amides is 1. The molecular weight excluding hydrogens is 428 g/mol. The largest absolute Gasteiger partial charge is 0.449 e. The van der Waals surface area contributed by atoms with Crippen LogP contribution in [0.5, 0.6) is 0 Å². The molecule has 0 aromatic heterocycles. The molecule has 2 aromatic carbocycles. The third kappa shape index (κ3) is 5.85. The number of nitrogens with two attached hydrogens (primary N) is 1. The Labute approximate surface area is 190 Å². The molecule has 1 heterocycles. The van der Waals surface area contributed by atoms with Gasteiger partial charge in [0.1, 0.15) is 5.69 Å². The van der Waals surface area contributed by atoms with Gasteiger partial charge in [0, 0.05) is 30.4 Å². The number of esters is 1. The third-order valence-corrected chi connectivity index (χ3v) is 5.50. The molecule has 3 rings (SSSR count). The van der Waals surface area contributed by atoms with E-state index in [2.05, 4.69) is 12.2 Å². The zero-order valence-corrected chi connectivity index (χ0v) is 18.4. The van der Waals surface area contributed by atoms with E-state index >= 15 is 0 Å². The van der Waals surface area contributed by atoms with E-state index in [4.69, 9.17) is 10.5 Å². The molecule has 1 aliphatic heterocycles. The average molecular weight is 454 g/mol. The fourth-order valence-corrected chi connectivity index (χ4v) is 3.72. The maximum absolute atomic E-state index is 12.6. The van der Waals surface area contributed by atoms with Crippen LogP contribution in [-0.2, 0) is 9.53 Å². The van der Waals surface area contributed by atoms with Crippen LogP contribution in [0.2, 0.25) is 0 Å². The molecule has 2 atom stereocenters. The smallest absolute Gasteiger partial charge is 0.339 e. The number of nitro benzene ring substituents is 1. The summed E-state index contributed by atoms with van der Waals surface area (Å²) in [6, 6.07) is 10.1. The Morgan fingerprint density at radius 1 is 1.18 bits per heavy atom. The van der Waals surface area contributed by atoms with Crippen molar-refractivity contribution in [3.05, 3.63) is 63.7 Å². The molecular formula is C23H26N4O6. The Bertz CT molecular complexity index is 1070. The fraction of sp³-hybridized carbons (Fsp3) is 0.348. The summed E-state index contributed by atoms with van der Waals surface area (Å²) in [5, 5.41) is 14.2.